The maximum absolute atomic E-state index is 11.6. The number of carbonyl (C=O) groups is 1. The zero-order valence-corrected chi connectivity index (χ0v) is 14.1. The van der Waals surface area contributed by atoms with E-state index in [9.17, 15) is 14.9 Å². The second-order valence-electron chi connectivity index (χ2n) is 5.83. The molecule has 8 nitrogen and oxygen atoms in total. The third kappa shape index (κ3) is 4.65. The fraction of sp³-hybridized carbons (Fsp3) is 0.562. The molecule has 0 spiro atoms. The van der Waals surface area contributed by atoms with Crippen LogP contribution in [0.1, 0.15) is 19.4 Å². The van der Waals surface area contributed by atoms with Crippen LogP contribution in [0.3, 0.4) is 0 Å². The number of non-ortho nitro benzene ring substituents is 1. The first-order chi connectivity index (χ1) is 11.4. The minimum Gasteiger partial charge on any atom is -0.491 e. The second-order valence-corrected chi connectivity index (χ2v) is 5.83. The number of carbonyl (C=O) groups excluding carboxylic acids is 1. The van der Waals surface area contributed by atoms with Crippen molar-refractivity contribution in [2.24, 2.45) is 0 Å². The predicted octanol–water partition coefficient (Wildman–Crippen LogP) is 1.76. The molecule has 1 unspecified atom stereocenters. The van der Waals surface area contributed by atoms with Crippen molar-refractivity contribution in [1.29, 1.82) is 0 Å². The van der Waals surface area contributed by atoms with Crippen molar-refractivity contribution in [3.63, 3.8) is 0 Å². The van der Waals surface area contributed by atoms with Crippen LogP contribution in [-0.4, -0.2) is 54.8 Å². The molecule has 1 aliphatic rings. The number of methoxy groups -OCH3 is 1. The number of hydrogen-bond donors (Lipinski definition) is 0. The Bertz CT molecular complexity index is 604. The highest BCUT2D eigenvalue weighted by molar-refractivity contribution is 5.74. The minimum atomic E-state index is -0.642. The van der Waals surface area contributed by atoms with Gasteiger partial charge in [0, 0.05) is 37.3 Å². The van der Waals surface area contributed by atoms with Gasteiger partial charge in [-0.2, -0.15) is 0 Å². The molecule has 8 heteroatoms. The summed E-state index contributed by atoms with van der Waals surface area (Å²) in [5.41, 5.74) is 0.724. The van der Waals surface area contributed by atoms with Crippen LogP contribution in [0.25, 0.3) is 0 Å². The Morgan fingerprint density at radius 3 is 2.88 bits per heavy atom. The summed E-state index contributed by atoms with van der Waals surface area (Å²) in [4.78, 5) is 24.2. The van der Waals surface area contributed by atoms with Crippen LogP contribution in [0, 0.1) is 10.1 Å². The fourth-order valence-corrected chi connectivity index (χ4v) is 2.53. The highest BCUT2D eigenvalue weighted by Crippen LogP contribution is 2.27. The van der Waals surface area contributed by atoms with E-state index in [0.29, 0.717) is 37.6 Å². The summed E-state index contributed by atoms with van der Waals surface area (Å²) >= 11 is 0. The van der Waals surface area contributed by atoms with Crippen molar-refractivity contribution in [2.45, 2.75) is 32.6 Å². The Labute approximate surface area is 140 Å². The quantitative estimate of drug-likeness (QED) is 0.443. The molecule has 0 aromatic heterocycles. The van der Waals surface area contributed by atoms with Gasteiger partial charge in [0.25, 0.3) is 5.69 Å². The van der Waals surface area contributed by atoms with Crippen LogP contribution < -0.4 is 4.74 Å². The Hall–Kier alpha value is -2.19. The van der Waals surface area contributed by atoms with Crippen molar-refractivity contribution in [1.82, 2.24) is 4.90 Å². The summed E-state index contributed by atoms with van der Waals surface area (Å²) in [5, 5.41) is 11.0. The number of nitro benzene ring substituents is 1. The van der Waals surface area contributed by atoms with Crippen LogP contribution in [0.2, 0.25) is 0 Å². The molecule has 0 radical (unpaired) electrons. The van der Waals surface area contributed by atoms with Gasteiger partial charge >= 0.3 is 5.97 Å². The highest BCUT2D eigenvalue weighted by Gasteiger charge is 2.28. The Kier molecular flexibility index (Phi) is 6.10. The lowest BCUT2D eigenvalue weighted by atomic mass is 10.1. The summed E-state index contributed by atoms with van der Waals surface area (Å²) in [6, 6.07) is 4.56. The molecular weight excluding hydrogens is 316 g/mol. The van der Waals surface area contributed by atoms with Crippen LogP contribution in [0.4, 0.5) is 5.69 Å². The van der Waals surface area contributed by atoms with Gasteiger partial charge in [-0.3, -0.25) is 15.0 Å². The molecule has 1 heterocycles. The molecule has 0 bridgehead atoms. The molecule has 132 valence electrons. The van der Waals surface area contributed by atoms with Gasteiger partial charge in [0.05, 0.1) is 24.7 Å². The van der Waals surface area contributed by atoms with E-state index < -0.39 is 17.0 Å². The first-order valence-corrected chi connectivity index (χ1v) is 7.76. The van der Waals surface area contributed by atoms with Gasteiger partial charge in [-0.1, -0.05) is 0 Å². The summed E-state index contributed by atoms with van der Waals surface area (Å²) in [6.07, 6.45) is -0.686. The van der Waals surface area contributed by atoms with Gasteiger partial charge < -0.3 is 14.2 Å². The standard InChI is InChI=1S/C16H22N2O6/c1-11(2)24-14-5-4-13(18(20)21)8-12(14)9-17-6-7-23-15(10-17)16(19)22-3/h4-5,8,11,15H,6-7,9-10H2,1-3H3. The van der Waals surface area contributed by atoms with E-state index in [4.69, 9.17) is 14.2 Å². The van der Waals surface area contributed by atoms with E-state index in [1.54, 1.807) is 6.07 Å². The van der Waals surface area contributed by atoms with E-state index in [2.05, 4.69) is 0 Å². The molecule has 1 atom stereocenters. The maximum Gasteiger partial charge on any atom is 0.336 e. The third-order valence-electron chi connectivity index (χ3n) is 3.63. The van der Waals surface area contributed by atoms with Crippen molar-refractivity contribution in [3.8, 4) is 5.75 Å². The number of nitro groups is 1. The minimum absolute atomic E-state index is 0.0129. The Morgan fingerprint density at radius 2 is 2.25 bits per heavy atom. The summed E-state index contributed by atoms with van der Waals surface area (Å²) < 4.78 is 15.9. The number of morpholine rings is 1. The third-order valence-corrected chi connectivity index (χ3v) is 3.63. The predicted molar refractivity (Wildman–Crippen MR) is 85.9 cm³/mol. The Balaban J connectivity index is 2.18. The first-order valence-electron chi connectivity index (χ1n) is 7.76. The van der Waals surface area contributed by atoms with Gasteiger partial charge in [0.15, 0.2) is 6.10 Å². The van der Waals surface area contributed by atoms with Crippen LogP contribution in [0.5, 0.6) is 5.75 Å². The molecule has 1 aliphatic heterocycles. The van der Waals surface area contributed by atoms with Gasteiger partial charge in [-0.15, -0.1) is 0 Å². The van der Waals surface area contributed by atoms with Gasteiger partial charge in [0.2, 0.25) is 0 Å². The molecule has 1 saturated heterocycles. The molecule has 0 N–H and O–H groups in total. The SMILES string of the molecule is COC(=O)C1CN(Cc2cc([N+](=O)[O-])ccc2OC(C)C)CCO1. The maximum atomic E-state index is 11.6. The summed E-state index contributed by atoms with van der Waals surface area (Å²) in [6.45, 7) is 5.61. The number of esters is 1. The monoisotopic (exact) mass is 338 g/mol. The molecule has 0 saturated carbocycles. The zero-order chi connectivity index (χ0) is 17.7. The van der Waals surface area contributed by atoms with Gasteiger partial charge in [-0.05, 0) is 19.9 Å². The smallest absolute Gasteiger partial charge is 0.336 e. The largest absolute Gasteiger partial charge is 0.491 e. The summed E-state index contributed by atoms with van der Waals surface area (Å²) in [5.74, 6) is 0.189. The van der Waals surface area contributed by atoms with Crippen LogP contribution in [0.15, 0.2) is 18.2 Å². The highest BCUT2D eigenvalue weighted by atomic mass is 16.6. The molecule has 1 aromatic rings. The Morgan fingerprint density at radius 1 is 1.50 bits per heavy atom. The van der Waals surface area contributed by atoms with Crippen molar-refractivity contribution >= 4 is 11.7 Å². The molecule has 2 rings (SSSR count). The lowest BCUT2D eigenvalue weighted by Gasteiger charge is -2.31. The molecule has 1 aromatic carbocycles. The molecule has 1 fully saturated rings. The molecule has 0 amide bonds. The number of nitrogens with zero attached hydrogens (tertiary/aromatic N) is 2. The van der Waals surface area contributed by atoms with E-state index in [1.807, 2.05) is 18.7 Å². The molecule has 24 heavy (non-hydrogen) atoms. The van der Waals surface area contributed by atoms with Crippen LogP contribution in [-0.2, 0) is 20.8 Å². The normalized spacial score (nSPS) is 18.4. The van der Waals surface area contributed by atoms with Gasteiger partial charge in [-0.25, -0.2) is 4.79 Å². The van der Waals surface area contributed by atoms with Gasteiger partial charge in [0.1, 0.15) is 5.75 Å². The van der Waals surface area contributed by atoms with E-state index in [1.165, 1.54) is 19.2 Å². The topological polar surface area (TPSA) is 91.1 Å². The number of benzene rings is 1. The number of rotatable bonds is 6. The van der Waals surface area contributed by atoms with E-state index in [-0.39, 0.29) is 11.8 Å². The van der Waals surface area contributed by atoms with E-state index >= 15 is 0 Å². The number of ether oxygens (including phenoxy) is 3. The summed E-state index contributed by atoms with van der Waals surface area (Å²) in [7, 11) is 1.32. The molecule has 0 aliphatic carbocycles. The average Bonchev–Trinajstić information content (AvgIpc) is 2.55. The van der Waals surface area contributed by atoms with Crippen molar-refractivity contribution < 1.29 is 23.9 Å². The zero-order valence-electron chi connectivity index (χ0n) is 14.1. The fourth-order valence-electron chi connectivity index (χ4n) is 2.53. The van der Waals surface area contributed by atoms with Crippen LogP contribution >= 0.6 is 0 Å². The average molecular weight is 338 g/mol. The molecular formula is C16H22N2O6. The lowest BCUT2D eigenvalue weighted by Crippen LogP contribution is -2.46. The number of hydrogen-bond acceptors (Lipinski definition) is 7. The van der Waals surface area contributed by atoms with E-state index in [0.717, 1.165) is 0 Å². The second kappa shape index (κ2) is 8.07. The lowest BCUT2D eigenvalue weighted by molar-refractivity contribution is -0.385. The first kappa shape index (κ1) is 18.2. The van der Waals surface area contributed by atoms with Crippen molar-refractivity contribution in [2.75, 3.05) is 26.8 Å². The van der Waals surface area contributed by atoms with Crippen molar-refractivity contribution in [3.05, 3.63) is 33.9 Å².